The van der Waals surface area contributed by atoms with Crippen LogP contribution < -0.4 is 16.2 Å². The SMILES string of the molecule is NCc1ncc(N)c(CC(=O)O)c1OC(F)(F)F. The number of carboxylic acids is 1. The minimum atomic E-state index is -4.98. The fraction of sp³-hybridized carbons (Fsp3) is 0.333. The zero-order valence-electron chi connectivity index (χ0n) is 8.99. The van der Waals surface area contributed by atoms with Gasteiger partial charge in [0.15, 0.2) is 5.75 Å². The number of carbonyl (C=O) groups is 1. The second-order valence-electron chi connectivity index (χ2n) is 3.29. The van der Waals surface area contributed by atoms with Crippen molar-refractivity contribution in [2.24, 2.45) is 5.73 Å². The summed E-state index contributed by atoms with van der Waals surface area (Å²) in [5.74, 6) is -2.09. The summed E-state index contributed by atoms with van der Waals surface area (Å²) in [5.41, 5.74) is 9.91. The molecule has 0 bridgehead atoms. The Morgan fingerprint density at radius 2 is 2.11 bits per heavy atom. The molecular weight excluding hydrogens is 255 g/mol. The van der Waals surface area contributed by atoms with Crippen LogP contribution in [0.2, 0.25) is 0 Å². The van der Waals surface area contributed by atoms with Gasteiger partial charge in [0.25, 0.3) is 0 Å². The highest BCUT2D eigenvalue weighted by molar-refractivity contribution is 5.74. The van der Waals surface area contributed by atoms with Crippen molar-refractivity contribution in [1.82, 2.24) is 4.98 Å². The Hall–Kier alpha value is -2.03. The number of anilines is 1. The average molecular weight is 265 g/mol. The molecule has 0 atom stereocenters. The molecule has 0 saturated heterocycles. The third kappa shape index (κ3) is 3.48. The van der Waals surface area contributed by atoms with E-state index in [9.17, 15) is 18.0 Å². The summed E-state index contributed by atoms with van der Waals surface area (Å²) in [4.78, 5) is 14.2. The average Bonchev–Trinajstić information content (AvgIpc) is 2.21. The predicted molar refractivity (Wildman–Crippen MR) is 54.6 cm³/mol. The van der Waals surface area contributed by atoms with E-state index in [1.807, 2.05) is 0 Å². The molecule has 0 saturated carbocycles. The van der Waals surface area contributed by atoms with E-state index >= 15 is 0 Å². The fourth-order valence-electron chi connectivity index (χ4n) is 1.30. The topological polar surface area (TPSA) is 111 Å². The largest absolute Gasteiger partial charge is 0.573 e. The lowest BCUT2D eigenvalue weighted by molar-refractivity contribution is -0.275. The monoisotopic (exact) mass is 265 g/mol. The second-order valence-corrected chi connectivity index (χ2v) is 3.29. The number of carboxylic acid groups (broad SMARTS) is 1. The number of pyridine rings is 1. The number of hydrogen-bond donors (Lipinski definition) is 3. The number of halogens is 3. The van der Waals surface area contributed by atoms with Gasteiger partial charge in [0.05, 0.1) is 24.0 Å². The lowest BCUT2D eigenvalue weighted by Crippen LogP contribution is -2.22. The van der Waals surface area contributed by atoms with Gasteiger partial charge in [-0.15, -0.1) is 13.2 Å². The van der Waals surface area contributed by atoms with Crippen LogP contribution in [0.4, 0.5) is 18.9 Å². The van der Waals surface area contributed by atoms with Gasteiger partial charge in [-0.2, -0.15) is 0 Å². The van der Waals surface area contributed by atoms with Crippen LogP contribution in [0.3, 0.4) is 0 Å². The van der Waals surface area contributed by atoms with Gasteiger partial charge < -0.3 is 21.3 Å². The molecule has 9 heteroatoms. The van der Waals surface area contributed by atoms with E-state index in [-0.39, 0.29) is 23.5 Å². The van der Waals surface area contributed by atoms with Gasteiger partial charge in [-0.1, -0.05) is 0 Å². The van der Waals surface area contributed by atoms with Crippen LogP contribution in [0.1, 0.15) is 11.3 Å². The van der Waals surface area contributed by atoms with Gasteiger partial charge >= 0.3 is 12.3 Å². The van der Waals surface area contributed by atoms with E-state index in [0.717, 1.165) is 6.20 Å². The van der Waals surface area contributed by atoms with Crippen LogP contribution >= 0.6 is 0 Å². The quantitative estimate of drug-likeness (QED) is 0.736. The van der Waals surface area contributed by atoms with Crippen LogP contribution in [0.5, 0.6) is 5.75 Å². The van der Waals surface area contributed by atoms with Gasteiger partial charge in [-0.05, 0) is 0 Å². The molecule has 5 N–H and O–H groups in total. The van der Waals surface area contributed by atoms with Crippen molar-refractivity contribution in [2.45, 2.75) is 19.3 Å². The number of rotatable bonds is 4. The van der Waals surface area contributed by atoms with Gasteiger partial charge in [0, 0.05) is 12.1 Å². The lowest BCUT2D eigenvalue weighted by Gasteiger charge is -2.16. The molecular formula is C9H10F3N3O3. The molecule has 0 aliphatic heterocycles. The Bertz CT molecular complexity index is 462. The smallest absolute Gasteiger partial charge is 0.481 e. The van der Waals surface area contributed by atoms with Gasteiger partial charge in [-0.25, -0.2) is 0 Å². The molecule has 6 nitrogen and oxygen atoms in total. The van der Waals surface area contributed by atoms with Crippen molar-refractivity contribution in [3.63, 3.8) is 0 Å². The number of hydrogen-bond acceptors (Lipinski definition) is 5. The number of nitrogens with zero attached hydrogens (tertiary/aromatic N) is 1. The Morgan fingerprint density at radius 1 is 1.50 bits per heavy atom. The van der Waals surface area contributed by atoms with Crippen molar-refractivity contribution in [2.75, 3.05) is 5.73 Å². The van der Waals surface area contributed by atoms with E-state index in [0.29, 0.717) is 0 Å². The molecule has 0 radical (unpaired) electrons. The number of nitrogen functional groups attached to an aromatic ring is 1. The first-order valence-corrected chi connectivity index (χ1v) is 4.68. The maximum Gasteiger partial charge on any atom is 0.573 e. The fourth-order valence-corrected chi connectivity index (χ4v) is 1.30. The Morgan fingerprint density at radius 3 is 2.56 bits per heavy atom. The summed E-state index contributed by atoms with van der Waals surface area (Å²) in [6, 6.07) is 0. The van der Waals surface area contributed by atoms with Crippen LogP contribution in [0.25, 0.3) is 0 Å². The normalized spacial score (nSPS) is 11.3. The van der Waals surface area contributed by atoms with E-state index in [1.165, 1.54) is 0 Å². The zero-order chi connectivity index (χ0) is 13.9. The molecule has 0 amide bonds. The summed E-state index contributed by atoms with van der Waals surface area (Å²) in [6.07, 6.45) is -4.65. The van der Waals surface area contributed by atoms with E-state index in [2.05, 4.69) is 9.72 Å². The Kier molecular flexibility index (Phi) is 3.96. The summed E-state index contributed by atoms with van der Waals surface area (Å²) in [5, 5.41) is 8.63. The molecule has 1 aromatic rings. The molecule has 1 aromatic heterocycles. The summed E-state index contributed by atoms with van der Waals surface area (Å²) >= 11 is 0. The van der Waals surface area contributed by atoms with Gasteiger partial charge in [0.1, 0.15) is 0 Å². The first-order valence-electron chi connectivity index (χ1n) is 4.68. The first-order chi connectivity index (χ1) is 8.24. The Labute approximate surface area is 99.4 Å². The Balaban J connectivity index is 3.31. The molecule has 1 rings (SSSR count). The third-order valence-electron chi connectivity index (χ3n) is 1.98. The zero-order valence-corrected chi connectivity index (χ0v) is 8.99. The van der Waals surface area contributed by atoms with Crippen molar-refractivity contribution < 1.29 is 27.8 Å². The minimum absolute atomic E-state index is 0.200. The first kappa shape index (κ1) is 14.0. The maximum absolute atomic E-state index is 12.2. The molecule has 18 heavy (non-hydrogen) atoms. The molecule has 0 fully saturated rings. The highest BCUT2D eigenvalue weighted by Gasteiger charge is 2.34. The van der Waals surface area contributed by atoms with Gasteiger partial charge in [-0.3, -0.25) is 9.78 Å². The number of aliphatic carboxylic acids is 1. The highest BCUT2D eigenvalue weighted by Crippen LogP contribution is 2.32. The number of ether oxygens (including phenoxy) is 1. The number of nitrogens with two attached hydrogens (primary N) is 2. The van der Waals surface area contributed by atoms with Crippen LogP contribution in [0.15, 0.2) is 6.20 Å². The van der Waals surface area contributed by atoms with E-state index in [1.54, 1.807) is 0 Å². The molecule has 0 aliphatic carbocycles. The highest BCUT2D eigenvalue weighted by atomic mass is 19.4. The molecule has 0 aliphatic rings. The van der Waals surface area contributed by atoms with Crippen molar-refractivity contribution in [3.8, 4) is 5.75 Å². The minimum Gasteiger partial charge on any atom is -0.481 e. The van der Waals surface area contributed by atoms with E-state index < -0.39 is 24.5 Å². The lowest BCUT2D eigenvalue weighted by atomic mass is 10.1. The molecule has 0 aromatic carbocycles. The van der Waals surface area contributed by atoms with Crippen molar-refractivity contribution in [3.05, 3.63) is 17.5 Å². The molecule has 100 valence electrons. The molecule has 0 unspecified atom stereocenters. The third-order valence-corrected chi connectivity index (χ3v) is 1.98. The number of alkyl halides is 3. The van der Waals surface area contributed by atoms with Crippen molar-refractivity contribution in [1.29, 1.82) is 0 Å². The predicted octanol–water partition coefficient (Wildman–Crippen LogP) is 0.648. The summed E-state index contributed by atoms with van der Waals surface area (Å²) in [7, 11) is 0. The molecule has 0 spiro atoms. The van der Waals surface area contributed by atoms with Crippen LogP contribution in [-0.4, -0.2) is 22.4 Å². The van der Waals surface area contributed by atoms with Crippen LogP contribution in [0, 0.1) is 0 Å². The van der Waals surface area contributed by atoms with Gasteiger partial charge in [0.2, 0.25) is 0 Å². The maximum atomic E-state index is 12.2. The standard InChI is InChI=1S/C9H10F3N3O3/c10-9(11,12)18-8-4(1-7(16)17)5(14)3-15-6(8)2-13/h3H,1-2,13-14H2,(H,16,17). The molecule has 1 heterocycles. The summed E-state index contributed by atoms with van der Waals surface area (Å²) in [6.45, 7) is -0.335. The summed E-state index contributed by atoms with van der Waals surface area (Å²) < 4.78 is 40.4. The second kappa shape index (κ2) is 5.08. The number of aromatic nitrogens is 1. The van der Waals surface area contributed by atoms with E-state index in [4.69, 9.17) is 16.6 Å². The van der Waals surface area contributed by atoms with Crippen LogP contribution in [-0.2, 0) is 17.8 Å². The van der Waals surface area contributed by atoms with Crippen molar-refractivity contribution >= 4 is 11.7 Å².